The Morgan fingerprint density at radius 2 is 1.92 bits per heavy atom. The van der Waals surface area contributed by atoms with Gasteiger partial charge in [0.1, 0.15) is 0 Å². The van der Waals surface area contributed by atoms with E-state index < -0.39 is 23.1 Å². The fourth-order valence-corrected chi connectivity index (χ4v) is 2.34. The number of benzene rings is 1. The Bertz CT molecular complexity index is 666. The van der Waals surface area contributed by atoms with E-state index in [2.05, 4.69) is 5.10 Å². The summed E-state index contributed by atoms with van der Waals surface area (Å²) in [4.78, 5) is 24.7. The van der Waals surface area contributed by atoms with Crippen LogP contribution in [-0.2, 0) is 16.0 Å². The van der Waals surface area contributed by atoms with E-state index in [0.717, 1.165) is 10.6 Å². The molecule has 0 aromatic heterocycles. The molecule has 7 nitrogen and oxygen atoms in total. The molecule has 1 atom stereocenters. The fourth-order valence-electron chi connectivity index (χ4n) is 2.34. The molecule has 0 saturated carbocycles. The van der Waals surface area contributed by atoms with Crippen molar-refractivity contribution in [3.05, 3.63) is 35.9 Å². The number of likely N-dealkylation sites (N-methyl/N-ethyl adjacent to an activating group) is 1. The van der Waals surface area contributed by atoms with Crippen molar-refractivity contribution in [3.63, 3.8) is 0 Å². The normalized spacial score (nSPS) is 20.8. The van der Waals surface area contributed by atoms with E-state index in [0.29, 0.717) is 17.2 Å². The van der Waals surface area contributed by atoms with Gasteiger partial charge in [-0.05, 0) is 33.3 Å². The molecule has 1 aliphatic heterocycles. The molecule has 1 aliphatic rings. The second-order valence-corrected chi connectivity index (χ2v) is 6.92. The molecule has 1 aromatic rings. The number of nitrogens with zero attached hydrogens (tertiary/aromatic N) is 3. The maximum atomic E-state index is 12.5. The number of hydrogen-bond donors (Lipinski definition) is 1. The van der Waals surface area contributed by atoms with Crippen LogP contribution in [0.15, 0.2) is 35.4 Å². The average Bonchev–Trinajstić information content (AvgIpc) is 2.71. The van der Waals surface area contributed by atoms with Gasteiger partial charge in [0.05, 0.1) is 11.3 Å². The Morgan fingerprint density at radius 3 is 2.46 bits per heavy atom. The molecule has 2 amide bonds. The van der Waals surface area contributed by atoms with Gasteiger partial charge in [0.2, 0.25) is 5.60 Å². The zero-order valence-corrected chi connectivity index (χ0v) is 14.6. The van der Waals surface area contributed by atoms with E-state index in [1.807, 2.05) is 30.3 Å². The second kappa shape index (κ2) is 6.24. The number of carbonyl (C=O) groups excluding carboxylic acids is 2. The lowest BCUT2D eigenvalue weighted by atomic mass is 9.94. The molecule has 0 bridgehead atoms. The quantitative estimate of drug-likeness (QED) is 0.680. The summed E-state index contributed by atoms with van der Waals surface area (Å²) in [5, 5.41) is 15.8. The Labute approximate surface area is 141 Å². The summed E-state index contributed by atoms with van der Waals surface area (Å²) in [6.45, 7) is 6.45. The smallest absolute Gasteiger partial charge is 0.425 e. The SMILES string of the molecule is CN1N=C(Cc2ccccc2)C(C)(OC(=O)N(O)C(C)(C)C)C1=O. The highest BCUT2D eigenvalue weighted by Gasteiger charge is 2.50. The van der Waals surface area contributed by atoms with Gasteiger partial charge >= 0.3 is 6.09 Å². The van der Waals surface area contributed by atoms with Crippen molar-refractivity contribution in [3.8, 4) is 0 Å². The van der Waals surface area contributed by atoms with Crippen molar-refractivity contribution in [1.29, 1.82) is 0 Å². The maximum Gasteiger partial charge on any atom is 0.435 e. The van der Waals surface area contributed by atoms with Crippen LogP contribution in [0.5, 0.6) is 0 Å². The van der Waals surface area contributed by atoms with Crippen molar-refractivity contribution < 1.29 is 19.5 Å². The standard InChI is InChI=1S/C17H23N3O4/c1-16(2,3)20(23)15(22)24-17(4)13(18-19(5)14(17)21)11-12-9-7-6-8-10-12/h6-10,23H,11H2,1-5H3. The zero-order valence-electron chi connectivity index (χ0n) is 14.6. The second-order valence-electron chi connectivity index (χ2n) is 6.92. The van der Waals surface area contributed by atoms with Crippen LogP contribution in [0.1, 0.15) is 33.3 Å². The van der Waals surface area contributed by atoms with Gasteiger partial charge in [-0.15, -0.1) is 0 Å². The Kier molecular flexibility index (Phi) is 4.66. The largest absolute Gasteiger partial charge is 0.435 e. The molecule has 1 heterocycles. The van der Waals surface area contributed by atoms with E-state index in [1.165, 1.54) is 14.0 Å². The van der Waals surface area contributed by atoms with Crippen LogP contribution in [0.3, 0.4) is 0 Å². The minimum atomic E-state index is -1.55. The minimum absolute atomic E-state index is 0.363. The third-order valence-electron chi connectivity index (χ3n) is 3.84. The molecule has 24 heavy (non-hydrogen) atoms. The lowest BCUT2D eigenvalue weighted by molar-refractivity contribution is -0.155. The van der Waals surface area contributed by atoms with Crippen LogP contribution in [0.25, 0.3) is 0 Å². The molecule has 1 aromatic carbocycles. The summed E-state index contributed by atoms with van der Waals surface area (Å²) >= 11 is 0. The van der Waals surface area contributed by atoms with Crippen LogP contribution >= 0.6 is 0 Å². The predicted molar refractivity (Wildman–Crippen MR) is 88.6 cm³/mol. The van der Waals surface area contributed by atoms with Crippen LogP contribution in [-0.4, -0.2) is 51.2 Å². The topological polar surface area (TPSA) is 82.4 Å². The van der Waals surface area contributed by atoms with Gasteiger partial charge in [-0.2, -0.15) is 10.2 Å². The molecular weight excluding hydrogens is 310 g/mol. The zero-order chi connectivity index (χ0) is 18.1. The van der Waals surface area contributed by atoms with Gasteiger partial charge in [0, 0.05) is 13.5 Å². The summed E-state index contributed by atoms with van der Waals surface area (Å²) in [5.41, 5.74) is -1.04. The van der Waals surface area contributed by atoms with Crippen molar-refractivity contribution in [2.45, 2.75) is 45.3 Å². The average molecular weight is 333 g/mol. The number of carbonyl (C=O) groups is 2. The molecule has 130 valence electrons. The van der Waals surface area contributed by atoms with Gasteiger partial charge in [-0.25, -0.2) is 9.80 Å². The number of hydroxylamine groups is 2. The first-order valence-corrected chi connectivity index (χ1v) is 7.68. The summed E-state index contributed by atoms with van der Waals surface area (Å²) in [7, 11) is 1.51. The highest BCUT2D eigenvalue weighted by atomic mass is 16.6. The summed E-state index contributed by atoms with van der Waals surface area (Å²) in [5.74, 6) is -0.455. The van der Waals surface area contributed by atoms with E-state index >= 15 is 0 Å². The molecule has 2 rings (SSSR count). The Balaban J connectivity index is 2.25. The lowest BCUT2D eigenvalue weighted by Gasteiger charge is -2.32. The summed E-state index contributed by atoms with van der Waals surface area (Å²) in [6, 6.07) is 9.47. The molecule has 0 saturated heterocycles. The van der Waals surface area contributed by atoms with E-state index in [-0.39, 0.29) is 0 Å². The Hall–Kier alpha value is -2.41. The number of hydrazone groups is 1. The van der Waals surface area contributed by atoms with Crippen molar-refractivity contribution in [2.24, 2.45) is 5.10 Å². The van der Waals surface area contributed by atoms with Crippen LogP contribution in [0.2, 0.25) is 0 Å². The molecule has 0 aliphatic carbocycles. The third kappa shape index (κ3) is 3.41. The lowest BCUT2D eigenvalue weighted by Crippen LogP contribution is -2.52. The van der Waals surface area contributed by atoms with Gasteiger partial charge in [-0.3, -0.25) is 10.0 Å². The first-order valence-electron chi connectivity index (χ1n) is 7.68. The molecule has 0 spiro atoms. The minimum Gasteiger partial charge on any atom is -0.425 e. The van der Waals surface area contributed by atoms with Crippen molar-refractivity contribution >= 4 is 17.7 Å². The first kappa shape index (κ1) is 17.9. The van der Waals surface area contributed by atoms with E-state index in [9.17, 15) is 14.8 Å². The van der Waals surface area contributed by atoms with E-state index in [1.54, 1.807) is 20.8 Å². The highest BCUT2D eigenvalue weighted by molar-refractivity contribution is 6.16. The van der Waals surface area contributed by atoms with Gasteiger partial charge in [-0.1, -0.05) is 30.3 Å². The van der Waals surface area contributed by atoms with Gasteiger partial charge in [0.25, 0.3) is 5.91 Å². The van der Waals surface area contributed by atoms with Crippen LogP contribution in [0, 0.1) is 0 Å². The van der Waals surface area contributed by atoms with Gasteiger partial charge in [0.15, 0.2) is 0 Å². The molecular formula is C17H23N3O4. The number of hydrogen-bond acceptors (Lipinski definition) is 5. The summed E-state index contributed by atoms with van der Waals surface area (Å²) < 4.78 is 5.37. The third-order valence-corrected chi connectivity index (χ3v) is 3.84. The van der Waals surface area contributed by atoms with Crippen LogP contribution < -0.4 is 0 Å². The number of ether oxygens (including phenoxy) is 1. The summed E-state index contributed by atoms with van der Waals surface area (Å²) in [6.07, 6.45) is -0.629. The molecule has 1 N–H and O–H groups in total. The molecule has 0 fully saturated rings. The van der Waals surface area contributed by atoms with Crippen LogP contribution in [0.4, 0.5) is 4.79 Å². The molecule has 0 radical (unpaired) electrons. The number of rotatable bonds is 3. The Morgan fingerprint density at radius 1 is 1.33 bits per heavy atom. The van der Waals surface area contributed by atoms with Gasteiger partial charge < -0.3 is 4.74 Å². The maximum absolute atomic E-state index is 12.5. The van der Waals surface area contributed by atoms with E-state index in [4.69, 9.17) is 4.74 Å². The highest BCUT2D eigenvalue weighted by Crippen LogP contribution is 2.27. The first-order chi connectivity index (χ1) is 11.1. The number of amides is 2. The monoisotopic (exact) mass is 333 g/mol. The molecule has 1 unspecified atom stereocenters. The van der Waals surface area contributed by atoms with Crippen molar-refractivity contribution in [1.82, 2.24) is 10.1 Å². The predicted octanol–water partition coefficient (Wildman–Crippen LogP) is 2.44. The van der Waals surface area contributed by atoms with Crippen molar-refractivity contribution in [2.75, 3.05) is 7.05 Å². The fraction of sp³-hybridized carbons (Fsp3) is 0.471. The molecule has 7 heteroatoms.